The van der Waals surface area contributed by atoms with Crippen LogP contribution in [0.2, 0.25) is 0 Å². The van der Waals surface area contributed by atoms with E-state index in [9.17, 15) is 0 Å². The van der Waals surface area contributed by atoms with Gasteiger partial charge in [0.2, 0.25) is 0 Å². The van der Waals surface area contributed by atoms with Gasteiger partial charge in [-0.3, -0.25) is 4.99 Å². The molecule has 6 nitrogen and oxygen atoms in total. The molecule has 0 amide bonds. The number of unbranched alkanes of at least 4 members (excludes halogenated alkanes) is 1. The van der Waals surface area contributed by atoms with Crippen LogP contribution in [0.5, 0.6) is 11.5 Å². The maximum Gasteiger partial charge on any atom is 0.193 e. The van der Waals surface area contributed by atoms with Gasteiger partial charge in [0, 0.05) is 44.9 Å². The summed E-state index contributed by atoms with van der Waals surface area (Å²) in [5, 5.41) is 3.49. The Kier molecular flexibility index (Phi) is 12.4. The molecule has 0 radical (unpaired) electrons. The highest BCUT2D eigenvalue weighted by Crippen LogP contribution is 2.25. The molecular formula is C22H39IN4O2. The molecule has 1 heterocycles. The van der Waals surface area contributed by atoms with Gasteiger partial charge < -0.3 is 24.6 Å². The van der Waals surface area contributed by atoms with Gasteiger partial charge in [-0.25, -0.2) is 0 Å². The van der Waals surface area contributed by atoms with E-state index in [-0.39, 0.29) is 24.0 Å². The number of likely N-dealkylation sites (tertiary alicyclic amines) is 1. The molecule has 166 valence electrons. The lowest BCUT2D eigenvalue weighted by Gasteiger charge is -2.33. The van der Waals surface area contributed by atoms with Crippen LogP contribution in [0, 0.1) is 0 Å². The summed E-state index contributed by atoms with van der Waals surface area (Å²) < 4.78 is 10.8. The standard InChI is InChI=1S/C22H38N4O2.HI/c1-18-10-6-8-14-26(18)15-9-7-13-24-22(23-2)25(3)17-19-11-12-20(27-4)16-21(19)28-5;/h11-12,16,18H,6-10,13-15,17H2,1-5H3,(H,23,24);1H. The number of nitrogens with zero attached hydrogens (tertiary/aromatic N) is 3. The summed E-state index contributed by atoms with van der Waals surface area (Å²) in [6.07, 6.45) is 6.48. The van der Waals surface area contributed by atoms with Crippen molar-refractivity contribution >= 4 is 29.9 Å². The van der Waals surface area contributed by atoms with Gasteiger partial charge in [-0.1, -0.05) is 6.42 Å². The molecule has 1 aromatic carbocycles. The van der Waals surface area contributed by atoms with Crippen molar-refractivity contribution in [3.05, 3.63) is 23.8 Å². The zero-order valence-corrected chi connectivity index (χ0v) is 21.1. The van der Waals surface area contributed by atoms with E-state index in [0.717, 1.165) is 48.6 Å². The van der Waals surface area contributed by atoms with E-state index in [2.05, 4.69) is 34.1 Å². The first-order chi connectivity index (χ1) is 13.6. The number of aliphatic imine (C=N–C) groups is 1. The molecule has 1 aromatic rings. The predicted octanol–water partition coefficient (Wildman–Crippen LogP) is 3.98. The van der Waals surface area contributed by atoms with Crippen LogP contribution in [0.4, 0.5) is 0 Å². The Balaban J connectivity index is 0.00000420. The maximum absolute atomic E-state index is 5.51. The highest BCUT2D eigenvalue weighted by atomic mass is 127. The van der Waals surface area contributed by atoms with E-state index in [0.29, 0.717) is 0 Å². The normalized spacial score (nSPS) is 17.4. The Labute approximate surface area is 194 Å². The molecule has 0 bridgehead atoms. The molecule has 0 aromatic heterocycles. The number of ether oxygens (including phenoxy) is 2. The van der Waals surface area contributed by atoms with Gasteiger partial charge in [0.25, 0.3) is 0 Å². The van der Waals surface area contributed by atoms with Crippen molar-refractivity contribution in [2.75, 3.05) is 47.9 Å². The number of nitrogens with one attached hydrogen (secondary N) is 1. The summed E-state index contributed by atoms with van der Waals surface area (Å²) in [5.74, 6) is 2.54. The lowest BCUT2D eigenvalue weighted by Crippen LogP contribution is -2.40. The molecule has 2 rings (SSSR count). The smallest absolute Gasteiger partial charge is 0.193 e. The number of hydrogen-bond acceptors (Lipinski definition) is 4. The second kappa shape index (κ2) is 13.9. The molecule has 1 fully saturated rings. The monoisotopic (exact) mass is 518 g/mol. The minimum atomic E-state index is 0. The van der Waals surface area contributed by atoms with Crippen molar-refractivity contribution in [2.24, 2.45) is 4.99 Å². The number of methoxy groups -OCH3 is 2. The topological polar surface area (TPSA) is 49.3 Å². The summed E-state index contributed by atoms with van der Waals surface area (Å²) >= 11 is 0. The molecule has 1 saturated heterocycles. The summed E-state index contributed by atoms with van der Waals surface area (Å²) in [7, 11) is 7.24. The number of guanidine groups is 1. The molecule has 1 unspecified atom stereocenters. The van der Waals surface area contributed by atoms with Crippen LogP contribution in [0.15, 0.2) is 23.2 Å². The molecule has 1 N–H and O–H groups in total. The molecule has 0 saturated carbocycles. The second-order valence-corrected chi connectivity index (χ2v) is 7.60. The number of rotatable bonds is 9. The van der Waals surface area contributed by atoms with Gasteiger partial charge in [0.05, 0.1) is 14.2 Å². The second-order valence-electron chi connectivity index (χ2n) is 7.60. The fourth-order valence-corrected chi connectivity index (χ4v) is 3.83. The maximum atomic E-state index is 5.51. The van der Waals surface area contributed by atoms with Crippen LogP contribution in [0.3, 0.4) is 0 Å². The quantitative estimate of drug-likeness (QED) is 0.232. The van der Waals surface area contributed by atoms with Crippen molar-refractivity contribution in [3.8, 4) is 11.5 Å². The molecule has 0 aliphatic carbocycles. The van der Waals surface area contributed by atoms with Crippen molar-refractivity contribution in [1.82, 2.24) is 15.1 Å². The van der Waals surface area contributed by atoms with Crippen LogP contribution in [0.1, 0.15) is 44.6 Å². The number of piperidine rings is 1. The van der Waals surface area contributed by atoms with Crippen molar-refractivity contribution in [3.63, 3.8) is 0 Å². The van der Waals surface area contributed by atoms with Crippen molar-refractivity contribution in [2.45, 2.75) is 51.6 Å². The Morgan fingerprint density at radius 3 is 2.69 bits per heavy atom. The van der Waals surface area contributed by atoms with E-state index >= 15 is 0 Å². The van der Waals surface area contributed by atoms with E-state index in [1.54, 1.807) is 14.2 Å². The minimum absolute atomic E-state index is 0. The molecule has 29 heavy (non-hydrogen) atoms. The summed E-state index contributed by atoms with van der Waals surface area (Å²) in [4.78, 5) is 9.19. The van der Waals surface area contributed by atoms with Gasteiger partial charge in [-0.2, -0.15) is 0 Å². The summed E-state index contributed by atoms with van der Waals surface area (Å²) in [6, 6.07) is 6.67. The Hall–Kier alpha value is -1.22. The lowest BCUT2D eigenvalue weighted by atomic mass is 10.0. The van der Waals surface area contributed by atoms with Crippen molar-refractivity contribution < 1.29 is 9.47 Å². The Morgan fingerprint density at radius 2 is 2.03 bits per heavy atom. The molecule has 7 heteroatoms. The average Bonchev–Trinajstić information content (AvgIpc) is 2.72. The van der Waals surface area contributed by atoms with Crippen LogP contribution in [0.25, 0.3) is 0 Å². The minimum Gasteiger partial charge on any atom is -0.497 e. The number of halogens is 1. The van der Waals surface area contributed by atoms with E-state index in [1.807, 2.05) is 25.2 Å². The van der Waals surface area contributed by atoms with Crippen molar-refractivity contribution in [1.29, 1.82) is 0 Å². The first-order valence-electron chi connectivity index (χ1n) is 10.5. The highest BCUT2D eigenvalue weighted by molar-refractivity contribution is 14.0. The van der Waals surface area contributed by atoms with Gasteiger partial charge in [-0.15, -0.1) is 24.0 Å². The number of benzene rings is 1. The fourth-order valence-electron chi connectivity index (χ4n) is 3.83. The number of hydrogen-bond donors (Lipinski definition) is 1. The van der Waals surface area contributed by atoms with Crippen LogP contribution < -0.4 is 14.8 Å². The zero-order chi connectivity index (χ0) is 20.4. The van der Waals surface area contributed by atoms with Gasteiger partial charge >= 0.3 is 0 Å². The molecular weight excluding hydrogens is 479 g/mol. The van der Waals surface area contributed by atoms with E-state index in [4.69, 9.17) is 9.47 Å². The van der Waals surface area contributed by atoms with Crippen LogP contribution >= 0.6 is 24.0 Å². The predicted molar refractivity (Wildman–Crippen MR) is 132 cm³/mol. The summed E-state index contributed by atoms with van der Waals surface area (Å²) in [5.41, 5.74) is 1.10. The fraction of sp³-hybridized carbons (Fsp3) is 0.682. The van der Waals surface area contributed by atoms with Gasteiger partial charge in [-0.05, 0) is 57.8 Å². The largest absolute Gasteiger partial charge is 0.497 e. The average molecular weight is 518 g/mol. The third-order valence-corrected chi connectivity index (χ3v) is 5.57. The zero-order valence-electron chi connectivity index (χ0n) is 18.7. The highest BCUT2D eigenvalue weighted by Gasteiger charge is 2.17. The first-order valence-corrected chi connectivity index (χ1v) is 10.5. The third kappa shape index (κ3) is 8.20. The van der Waals surface area contributed by atoms with Crippen LogP contribution in [-0.4, -0.2) is 69.8 Å². The SMILES string of the molecule is CN=C(NCCCCN1CCCCC1C)N(C)Cc1ccc(OC)cc1OC.I. The summed E-state index contributed by atoms with van der Waals surface area (Å²) in [6.45, 7) is 6.50. The molecule has 1 aliphatic rings. The molecule has 1 atom stereocenters. The Morgan fingerprint density at radius 1 is 1.24 bits per heavy atom. The van der Waals surface area contributed by atoms with Gasteiger partial charge in [0.1, 0.15) is 11.5 Å². The first kappa shape index (κ1) is 25.8. The third-order valence-electron chi connectivity index (χ3n) is 5.57. The molecule has 1 aliphatic heterocycles. The lowest BCUT2D eigenvalue weighted by molar-refractivity contribution is 0.158. The van der Waals surface area contributed by atoms with Gasteiger partial charge in [0.15, 0.2) is 5.96 Å². The van der Waals surface area contributed by atoms with E-state index < -0.39 is 0 Å². The van der Waals surface area contributed by atoms with E-state index in [1.165, 1.54) is 38.8 Å². The molecule has 0 spiro atoms. The van der Waals surface area contributed by atoms with Crippen LogP contribution in [-0.2, 0) is 6.54 Å². The Bertz CT molecular complexity index is 627.